The molecule has 92 valence electrons. The molecule has 0 spiro atoms. The predicted molar refractivity (Wildman–Crippen MR) is 67.9 cm³/mol. The summed E-state index contributed by atoms with van der Waals surface area (Å²) < 4.78 is 0.803. The topological polar surface area (TPSA) is 79.3 Å². The van der Waals surface area contributed by atoms with Gasteiger partial charge in [0, 0.05) is 34.4 Å². The zero-order valence-electron chi connectivity index (χ0n) is 9.01. The van der Waals surface area contributed by atoms with E-state index in [-0.39, 0.29) is 11.7 Å². The number of carboxylic acids is 1. The highest BCUT2D eigenvalue weighted by atomic mass is 79.9. The van der Waals surface area contributed by atoms with Crippen LogP contribution < -0.4 is 5.32 Å². The highest BCUT2D eigenvalue weighted by Crippen LogP contribution is 2.26. The van der Waals surface area contributed by atoms with Crippen molar-refractivity contribution in [3.63, 3.8) is 0 Å². The van der Waals surface area contributed by atoms with Gasteiger partial charge in [0.2, 0.25) is 5.91 Å². The summed E-state index contributed by atoms with van der Waals surface area (Å²) in [5, 5.41) is 11.3. The van der Waals surface area contributed by atoms with E-state index in [1.54, 1.807) is 18.5 Å². The highest BCUT2D eigenvalue weighted by Gasteiger charge is 2.18. The lowest BCUT2D eigenvalue weighted by molar-refractivity contribution is -0.140. The molecule has 0 fully saturated rings. The maximum absolute atomic E-state index is 10.9. The van der Waals surface area contributed by atoms with E-state index < -0.39 is 12.0 Å². The second-order valence-corrected chi connectivity index (χ2v) is 5.12. The number of rotatable bonds is 5. The summed E-state index contributed by atoms with van der Waals surface area (Å²) in [5.74, 6) is -1.14. The van der Waals surface area contributed by atoms with Gasteiger partial charge in [0.1, 0.15) is 6.04 Å². The van der Waals surface area contributed by atoms with Crippen molar-refractivity contribution in [3.8, 4) is 0 Å². The Balaban J connectivity index is 2.61. The van der Waals surface area contributed by atoms with Crippen molar-refractivity contribution in [2.24, 2.45) is 0 Å². The van der Waals surface area contributed by atoms with E-state index in [0.717, 1.165) is 9.37 Å². The van der Waals surface area contributed by atoms with Gasteiger partial charge in [-0.1, -0.05) is 0 Å². The molecular formula is C10H11BrN2O3S. The standard InChI is InChI=1S/C10H11BrN2O3S/c1-6(14)13-8(10(15)16)5-17-9-2-3-12-4-7(9)11/h2-4,8H,5H2,1H3,(H,13,14)(H,15,16). The molecule has 1 rings (SSSR count). The summed E-state index contributed by atoms with van der Waals surface area (Å²) in [6, 6.07) is 0.888. The van der Waals surface area contributed by atoms with Crippen molar-refractivity contribution in [1.29, 1.82) is 0 Å². The Kier molecular flexibility index (Phi) is 5.43. The van der Waals surface area contributed by atoms with Gasteiger partial charge in [-0.3, -0.25) is 9.78 Å². The first-order chi connectivity index (χ1) is 8.00. The maximum atomic E-state index is 10.9. The summed E-state index contributed by atoms with van der Waals surface area (Å²) >= 11 is 4.66. The molecule has 0 saturated heterocycles. The summed E-state index contributed by atoms with van der Waals surface area (Å²) in [4.78, 5) is 26.5. The number of hydrogen-bond donors (Lipinski definition) is 2. The zero-order chi connectivity index (χ0) is 12.8. The number of aromatic nitrogens is 1. The van der Waals surface area contributed by atoms with Crippen molar-refractivity contribution in [2.75, 3.05) is 5.75 Å². The molecule has 17 heavy (non-hydrogen) atoms. The van der Waals surface area contributed by atoms with Crippen LogP contribution in [-0.4, -0.2) is 33.8 Å². The molecule has 0 aromatic carbocycles. The smallest absolute Gasteiger partial charge is 0.327 e. The largest absolute Gasteiger partial charge is 0.480 e. The molecule has 2 N–H and O–H groups in total. The molecule has 0 bridgehead atoms. The van der Waals surface area contributed by atoms with E-state index in [1.807, 2.05) is 0 Å². The Morgan fingerprint density at radius 1 is 1.65 bits per heavy atom. The minimum absolute atomic E-state index is 0.261. The van der Waals surface area contributed by atoms with E-state index in [9.17, 15) is 9.59 Å². The van der Waals surface area contributed by atoms with Crippen molar-refractivity contribution in [1.82, 2.24) is 10.3 Å². The van der Waals surface area contributed by atoms with Gasteiger partial charge >= 0.3 is 5.97 Å². The van der Waals surface area contributed by atoms with Crippen molar-refractivity contribution < 1.29 is 14.7 Å². The van der Waals surface area contributed by atoms with E-state index >= 15 is 0 Å². The Labute approximate surface area is 111 Å². The molecule has 5 nitrogen and oxygen atoms in total. The molecule has 1 aromatic rings. The van der Waals surface area contributed by atoms with Crippen LogP contribution in [0.5, 0.6) is 0 Å². The summed E-state index contributed by atoms with van der Waals surface area (Å²) in [7, 11) is 0. The number of aliphatic carboxylic acids is 1. The van der Waals surface area contributed by atoms with E-state index in [2.05, 4.69) is 26.2 Å². The first-order valence-corrected chi connectivity index (χ1v) is 6.50. The fourth-order valence-electron chi connectivity index (χ4n) is 1.07. The van der Waals surface area contributed by atoms with Gasteiger partial charge in [0.15, 0.2) is 0 Å². The number of nitrogens with zero attached hydrogens (tertiary/aromatic N) is 1. The second kappa shape index (κ2) is 6.61. The van der Waals surface area contributed by atoms with Gasteiger partial charge in [-0.2, -0.15) is 0 Å². The van der Waals surface area contributed by atoms with Crippen molar-refractivity contribution in [3.05, 3.63) is 22.9 Å². The number of pyridine rings is 1. The minimum Gasteiger partial charge on any atom is -0.480 e. The molecule has 0 radical (unpaired) electrons. The maximum Gasteiger partial charge on any atom is 0.327 e. The third-order valence-corrected chi connectivity index (χ3v) is 3.88. The molecule has 0 aliphatic carbocycles. The number of carbonyl (C=O) groups excluding carboxylic acids is 1. The van der Waals surface area contributed by atoms with Gasteiger partial charge in [0.25, 0.3) is 0 Å². The molecule has 1 atom stereocenters. The van der Waals surface area contributed by atoms with Crippen LogP contribution in [0.4, 0.5) is 0 Å². The van der Waals surface area contributed by atoms with Gasteiger partial charge in [-0.25, -0.2) is 4.79 Å². The quantitative estimate of drug-likeness (QED) is 0.805. The number of carboxylic acid groups (broad SMARTS) is 1. The first-order valence-electron chi connectivity index (χ1n) is 4.73. The average Bonchev–Trinajstić information content (AvgIpc) is 2.25. The lowest BCUT2D eigenvalue weighted by Crippen LogP contribution is -2.41. The fraction of sp³-hybridized carbons (Fsp3) is 0.300. The summed E-state index contributed by atoms with van der Waals surface area (Å²) in [5.41, 5.74) is 0. The Morgan fingerprint density at radius 2 is 2.35 bits per heavy atom. The molecule has 0 aliphatic rings. The molecule has 1 aromatic heterocycles. The number of amides is 1. The SMILES string of the molecule is CC(=O)NC(CSc1ccncc1Br)C(=O)O. The van der Waals surface area contributed by atoms with Gasteiger partial charge in [-0.15, -0.1) is 11.8 Å². The molecule has 1 heterocycles. The minimum atomic E-state index is -1.04. The third kappa shape index (κ3) is 4.74. The molecular weight excluding hydrogens is 308 g/mol. The highest BCUT2D eigenvalue weighted by molar-refractivity contribution is 9.10. The third-order valence-electron chi connectivity index (χ3n) is 1.82. The van der Waals surface area contributed by atoms with E-state index in [4.69, 9.17) is 5.11 Å². The van der Waals surface area contributed by atoms with E-state index in [0.29, 0.717) is 0 Å². The normalized spacial score (nSPS) is 11.9. The average molecular weight is 319 g/mol. The lowest BCUT2D eigenvalue weighted by atomic mass is 10.3. The zero-order valence-corrected chi connectivity index (χ0v) is 11.4. The number of nitrogens with one attached hydrogen (secondary N) is 1. The van der Waals surface area contributed by atoms with Crippen LogP contribution in [0.2, 0.25) is 0 Å². The predicted octanol–water partition coefficient (Wildman–Crippen LogP) is 1.53. The number of thioether (sulfide) groups is 1. The van der Waals surface area contributed by atoms with Crippen LogP contribution in [0.25, 0.3) is 0 Å². The molecule has 1 unspecified atom stereocenters. The van der Waals surface area contributed by atoms with Crippen LogP contribution in [0, 0.1) is 0 Å². The van der Waals surface area contributed by atoms with Crippen LogP contribution in [0.3, 0.4) is 0 Å². The molecule has 0 saturated carbocycles. The number of hydrogen-bond acceptors (Lipinski definition) is 4. The fourth-order valence-corrected chi connectivity index (χ4v) is 2.59. The van der Waals surface area contributed by atoms with Gasteiger partial charge in [-0.05, 0) is 22.0 Å². The summed E-state index contributed by atoms with van der Waals surface area (Å²) in [6.07, 6.45) is 3.26. The number of carbonyl (C=O) groups is 2. The Hall–Kier alpha value is -1.08. The number of halogens is 1. The molecule has 1 amide bonds. The Morgan fingerprint density at radius 3 is 2.88 bits per heavy atom. The lowest BCUT2D eigenvalue weighted by Gasteiger charge is -2.12. The Bertz CT molecular complexity index is 428. The van der Waals surface area contributed by atoms with Crippen LogP contribution >= 0.6 is 27.7 Å². The van der Waals surface area contributed by atoms with Gasteiger partial charge in [0.05, 0.1) is 0 Å². The van der Waals surface area contributed by atoms with Crippen molar-refractivity contribution >= 4 is 39.6 Å². The molecule has 7 heteroatoms. The van der Waals surface area contributed by atoms with Crippen molar-refractivity contribution in [2.45, 2.75) is 17.9 Å². The first kappa shape index (κ1) is 14.0. The van der Waals surface area contributed by atoms with Crippen LogP contribution in [0.15, 0.2) is 27.8 Å². The van der Waals surface area contributed by atoms with Crippen LogP contribution in [-0.2, 0) is 9.59 Å². The van der Waals surface area contributed by atoms with Crippen LogP contribution in [0.1, 0.15) is 6.92 Å². The second-order valence-electron chi connectivity index (χ2n) is 3.21. The summed E-state index contributed by atoms with van der Waals surface area (Å²) in [6.45, 7) is 1.29. The van der Waals surface area contributed by atoms with Gasteiger partial charge < -0.3 is 10.4 Å². The molecule has 0 aliphatic heterocycles. The monoisotopic (exact) mass is 318 g/mol. The van der Waals surface area contributed by atoms with E-state index in [1.165, 1.54) is 18.7 Å².